The van der Waals surface area contributed by atoms with Gasteiger partial charge in [-0.1, -0.05) is 11.8 Å². The van der Waals surface area contributed by atoms with E-state index in [2.05, 4.69) is 10.2 Å². The molecule has 0 aliphatic carbocycles. The predicted octanol–water partition coefficient (Wildman–Crippen LogP) is 4.42. The highest BCUT2D eigenvalue weighted by atomic mass is 32.2. The molecule has 0 saturated carbocycles. The van der Waals surface area contributed by atoms with E-state index in [9.17, 15) is 14.9 Å². The fourth-order valence-electron chi connectivity index (χ4n) is 2.88. The van der Waals surface area contributed by atoms with Crippen molar-refractivity contribution in [3.63, 3.8) is 0 Å². The van der Waals surface area contributed by atoms with Crippen molar-refractivity contribution in [1.82, 2.24) is 14.8 Å². The Kier molecular flexibility index (Phi) is 5.80. The molecule has 0 aliphatic heterocycles. The van der Waals surface area contributed by atoms with Crippen molar-refractivity contribution in [3.8, 4) is 23.0 Å². The zero-order valence-electron chi connectivity index (χ0n) is 16.3. The van der Waals surface area contributed by atoms with Crippen molar-refractivity contribution in [2.75, 3.05) is 12.9 Å². The van der Waals surface area contributed by atoms with Crippen molar-refractivity contribution in [1.29, 1.82) is 0 Å². The van der Waals surface area contributed by atoms with Crippen LogP contribution in [-0.2, 0) is 0 Å². The molecule has 0 radical (unpaired) electrons. The van der Waals surface area contributed by atoms with Crippen LogP contribution in [0.25, 0.3) is 17.3 Å². The maximum atomic E-state index is 12.6. The molecule has 4 rings (SSSR count). The molecule has 0 saturated heterocycles. The summed E-state index contributed by atoms with van der Waals surface area (Å²) < 4.78 is 12.5. The van der Waals surface area contributed by atoms with E-state index in [1.807, 2.05) is 24.3 Å². The lowest BCUT2D eigenvalue weighted by molar-refractivity contribution is -0.384. The number of carbonyl (C=O) groups excluding carboxylic acids is 1. The first kappa shape index (κ1) is 20.4. The van der Waals surface area contributed by atoms with Crippen LogP contribution in [0.5, 0.6) is 5.75 Å². The second-order valence-electron chi connectivity index (χ2n) is 6.33. The molecular weight excluding hydrogens is 420 g/mol. The van der Waals surface area contributed by atoms with Crippen molar-refractivity contribution in [2.24, 2.45) is 0 Å². The van der Waals surface area contributed by atoms with Crippen molar-refractivity contribution >= 4 is 23.2 Å². The quantitative estimate of drug-likeness (QED) is 0.173. The average molecular weight is 436 g/mol. The van der Waals surface area contributed by atoms with Crippen molar-refractivity contribution in [3.05, 3.63) is 82.6 Å². The number of benzene rings is 2. The number of rotatable bonds is 8. The van der Waals surface area contributed by atoms with Gasteiger partial charge in [0.05, 0.1) is 29.7 Å². The average Bonchev–Trinajstić information content (AvgIpc) is 3.47. The number of furan rings is 1. The number of non-ortho nitro benzene ring substituents is 1. The van der Waals surface area contributed by atoms with Gasteiger partial charge >= 0.3 is 0 Å². The number of nitrogens with zero attached hydrogens (tertiary/aromatic N) is 4. The molecule has 2 heterocycles. The number of nitro benzene ring substituents is 1. The van der Waals surface area contributed by atoms with Gasteiger partial charge in [0.1, 0.15) is 5.75 Å². The molecule has 156 valence electrons. The zero-order chi connectivity index (χ0) is 21.8. The number of ketones is 1. The van der Waals surface area contributed by atoms with Gasteiger partial charge in [-0.3, -0.25) is 19.5 Å². The van der Waals surface area contributed by atoms with Crippen LogP contribution in [0.4, 0.5) is 5.69 Å². The minimum absolute atomic E-state index is 0.0634. The molecule has 0 N–H and O–H groups in total. The van der Waals surface area contributed by atoms with Crippen LogP contribution in [0.15, 0.2) is 76.5 Å². The number of ether oxygens (including phenoxy) is 1. The Bertz CT molecular complexity index is 1200. The van der Waals surface area contributed by atoms with E-state index < -0.39 is 4.92 Å². The summed E-state index contributed by atoms with van der Waals surface area (Å²) in [7, 11) is 1.59. The number of methoxy groups -OCH3 is 1. The second kappa shape index (κ2) is 8.84. The van der Waals surface area contributed by atoms with Crippen LogP contribution in [0.1, 0.15) is 10.4 Å². The molecule has 0 bridgehead atoms. The molecule has 0 spiro atoms. The Labute approximate surface area is 180 Å². The van der Waals surface area contributed by atoms with E-state index in [0.717, 1.165) is 5.69 Å². The van der Waals surface area contributed by atoms with Crippen LogP contribution in [0, 0.1) is 10.1 Å². The van der Waals surface area contributed by atoms with E-state index in [1.165, 1.54) is 36.0 Å². The summed E-state index contributed by atoms with van der Waals surface area (Å²) >= 11 is 1.22. The molecule has 0 aliphatic rings. The Morgan fingerprint density at radius 3 is 2.48 bits per heavy atom. The summed E-state index contributed by atoms with van der Waals surface area (Å²) in [5.41, 5.74) is 1.11. The minimum atomic E-state index is -0.503. The molecule has 0 fully saturated rings. The zero-order valence-corrected chi connectivity index (χ0v) is 17.1. The SMILES string of the molecule is COc1ccc(-n2c(SCC(=O)c3ccc([N+](=O)[O-])cc3)nnc2-c2ccco2)cc1. The monoisotopic (exact) mass is 436 g/mol. The van der Waals surface area contributed by atoms with Gasteiger partial charge < -0.3 is 9.15 Å². The molecule has 0 atom stereocenters. The van der Waals surface area contributed by atoms with E-state index in [0.29, 0.717) is 28.1 Å². The predicted molar refractivity (Wildman–Crippen MR) is 114 cm³/mol. The highest BCUT2D eigenvalue weighted by Gasteiger charge is 2.19. The standard InChI is InChI=1S/C21H16N4O5S/c1-29-17-10-8-15(9-11-17)24-20(19-3-2-12-30-19)22-23-21(24)31-13-18(26)14-4-6-16(7-5-14)25(27)28/h2-12H,13H2,1H3. The van der Waals surface area contributed by atoms with Gasteiger partial charge in [0, 0.05) is 17.7 Å². The summed E-state index contributed by atoms with van der Waals surface area (Å²) in [5, 5.41) is 19.8. The Morgan fingerprint density at radius 1 is 1.13 bits per heavy atom. The van der Waals surface area contributed by atoms with E-state index in [4.69, 9.17) is 9.15 Å². The van der Waals surface area contributed by atoms with Crippen molar-refractivity contribution < 1.29 is 18.9 Å². The van der Waals surface area contributed by atoms with Gasteiger partial charge in [-0.05, 0) is 48.5 Å². The lowest BCUT2D eigenvalue weighted by atomic mass is 10.1. The molecule has 2 aromatic carbocycles. The fraction of sp³-hybridized carbons (Fsp3) is 0.0952. The molecule has 10 heteroatoms. The maximum Gasteiger partial charge on any atom is 0.269 e. The van der Waals surface area contributed by atoms with Crippen LogP contribution >= 0.6 is 11.8 Å². The lowest BCUT2D eigenvalue weighted by Gasteiger charge is -2.10. The van der Waals surface area contributed by atoms with Gasteiger partial charge in [0.25, 0.3) is 5.69 Å². The second-order valence-corrected chi connectivity index (χ2v) is 7.28. The highest BCUT2D eigenvalue weighted by Crippen LogP contribution is 2.29. The van der Waals surface area contributed by atoms with Gasteiger partial charge in [-0.25, -0.2) is 0 Å². The molecule has 2 aromatic heterocycles. The third kappa shape index (κ3) is 4.33. The molecule has 9 nitrogen and oxygen atoms in total. The number of aromatic nitrogens is 3. The summed E-state index contributed by atoms with van der Waals surface area (Å²) in [5.74, 6) is 1.66. The molecule has 4 aromatic rings. The number of hydrogen-bond donors (Lipinski definition) is 0. The van der Waals surface area contributed by atoms with Crippen molar-refractivity contribution in [2.45, 2.75) is 5.16 Å². The van der Waals surface area contributed by atoms with Crippen LogP contribution in [0.3, 0.4) is 0 Å². The topological polar surface area (TPSA) is 113 Å². The van der Waals surface area contributed by atoms with E-state index >= 15 is 0 Å². The number of hydrogen-bond acceptors (Lipinski definition) is 8. The van der Waals surface area contributed by atoms with Gasteiger partial charge in [0.2, 0.25) is 5.82 Å². The van der Waals surface area contributed by atoms with Crippen LogP contribution < -0.4 is 4.74 Å². The summed E-state index contributed by atoms with van der Waals surface area (Å²) in [6.45, 7) is 0. The summed E-state index contributed by atoms with van der Waals surface area (Å²) in [6.07, 6.45) is 1.55. The summed E-state index contributed by atoms with van der Waals surface area (Å²) in [6, 6.07) is 16.4. The Balaban J connectivity index is 1.60. The number of thioether (sulfide) groups is 1. The molecular formula is C21H16N4O5S. The third-order valence-corrected chi connectivity index (χ3v) is 5.37. The maximum absolute atomic E-state index is 12.6. The first-order valence-corrected chi connectivity index (χ1v) is 10.1. The number of nitro groups is 1. The first-order chi connectivity index (χ1) is 15.1. The smallest absolute Gasteiger partial charge is 0.269 e. The van der Waals surface area contributed by atoms with Gasteiger partial charge in [-0.15, -0.1) is 10.2 Å². The van der Waals surface area contributed by atoms with E-state index in [-0.39, 0.29) is 17.2 Å². The first-order valence-electron chi connectivity index (χ1n) is 9.11. The Morgan fingerprint density at radius 2 is 1.87 bits per heavy atom. The lowest BCUT2D eigenvalue weighted by Crippen LogP contribution is -2.05. The third-order valence-electron chi connectivity index (χ3n) is 4.44. The summed E-state index contributed by atoms with van der Waals surface area (Å²) in [4.78, 5) is 22.9. The number of Topliss-reactive ketones (excluding diaryl/α,β-unsaturated/α-hetero) is 1. The van der Waals surface area contributed by atoms with Crippen LogP contribution in [0.2, 0.25) is 0 Å². The normalized spacial score (nSPS) is 10.7. The molecule has 0 unspecified atom stereocenters. The fourth-order valence-corrected chi connectivity index (χ4v) is 3.72. The highest BCUT2D eigenvalue weighted by molar-refractivity contribution is 7.99. The van der Waals surface area contributed by atoms with Crippen LogP contribution in [-0.4, -0.2) is 38.3 Å². The van der Waals surface area contributed by atoms with Gasteiger partial charge in [-0.2, -0.15) is 0 Å². The molecule has 0 amide bonds. The van der Waals surface area contributed by atoms with Gasteiger partial charge in [0.15, 0.2) is 16.7 Å². The number of carbonyl (C=O) groups is 1. The van der Waals surface area contributed by atoms with E-state index in [1.54, 1.807) is 30.1 Å². The molecule has 31 heavy (non-hydrogen) atoms. The Hall–Kier alpha value is -3.92. The minimum Gasteiger partial charge on any atom is -0.497 e. The largest absolute Gasteiger partial charge is 0.497 e.